The minimum Gasteiger partial charge on any atom is -0.376 e. The largest absolute Gasteiger partial charge is 0.376 e. The molecule has 1 aliphatic rings. The van der Waals surface area contributed by atoms with Gasteiger partial charge in [0, 0.05) is 12.2 Å². The van der Waals surface area contributed by atoms with Crippen LogP contribution in [-0.2, 0) is 17.7 Å². The number of fused-ring (bicyclic) bond motifs is 1. The van der Waals surface area contributed by atoms with Crippen LogP contribution in [0.4, 0.5) is 0 Å². The molecule has 1 aliphatic heterocycles. The van der Waals surface area contributed by atoms with Gasteiger partial charge in [-0.15, -0.1) is 0 Å². The molecule has 4 rings (SSSR count). The van der Waals surface area contributed by atoms with E-state index in [0.29, 0.717) is 28.2 Å². The van der Waals surface area contributed by atoms with E-state index in [1.54, 1.807) is 10.6 Å². The molecule has 1 fully saturated rings. The van der Waals surface area contributed by atoms with E-state index >= 15 is 0 Å². The topological polar surface area (TPSA) is 61.2 Å². The van der Waals surface area contributed by atoms with Gasteiger partial charge in [0.05, 0.1) is 29.3 Å². The van der Waals surface area contributed by atoms with Gasteiger partial charge in [-0.05, 0) is 37.0 Å². The quantitative estimate of drug-likeness (QED) is 0.304. The van der Waals surface area contributed by atoms with Gasteiger partial charge in [0.15, 0.2) is 10.9 Å². The third-order valence-electron chi connectivity index (χ3n) is 5.38. The van der Waals surface area contributed by atoms with Crippen molar-refractivity contribution in [2.45, 2.75) is 50.4 Å². The fourth-order valence-electron chi connectivity index (χ4n) is 3.77. The van der Waals surface area contributed by atoms with E-state index in [9.17, 15) is 9.59 Å². The molecule has 0 saturated carbocycles. The average molecular weight is 423 g/mol. The summed E-state index contributed by atoms with van der Waals surface area (Å²) in [5.74, 6) is 0.276. The highest BCUT2D eigenvalue weighted by Crippen LogP contribution is 2.22. The predicted molar refractivity (Wildman–Crippen MR) is 120 cm³/mol. The molecular weight excluding hydrogens is 396 g/mol. The van der Waals surface area contributed by atoms with E-state index < -0.39 is 0 Å². The van der Waals surface area contributed by atoms with Gasteiger partial charge in [0.25, 0.3) is 5.56 Å². The van der Waals surface area contributed by atoms with Crippen LogP contribution < -0.4 is 5.56 Å². The predicted octanol–water partition coefficient (Wildman–Crippen LogP) is 4.50. The number of thioether (sulfide) groups is 1. The number of ether oxygens (including phenoxy) is 1. The van der Waals surface area contributed by atoms with Gasteiger partial charge >= 0.3 is 0 Å². The molecule has 1 atom stereocenters. The Morgan fingerprint density at radius 3 is 2.73 bits per heavy atom. The molecule has 0 bridgehead atoms. The highest BCUT2D eigenvalue weighted by molar-refractivity contribution is 7.99. The van der Waals surface area contributed by atoms with Crippen LogP contribution in [0.3, 0.4) is 0 Å². The molecule has 1 saturated heterocycles. The van der Waals surface area contributed by atoms with Crippen LogP contribution >= 0.6 is 11.8 Å². The van der Waals surface area contributed by atoms with E-state index in [0.717, 1.165) is 32.3 Å². The smallest absolute Gasteiger partial charge is 0.262 e. The summed E-state index contributed by atoms with van der Waals surface area (Å²) < 4.78 is 7.42. The molecule has 0 amide bonds. The zero-order valence-electron chi connectivity index (χ0n) is 17.2. The molecule has 0 radical (unpaired) electrons. The standard InChI is InChI=1S/C24H26N2O3S/c1-2-6-17-10-12-18(13-11-17)22(27)16-30-24-25-21-9-4-3-8-20(21)23(28)26(24)15-19-7-5-14-29-19/h3-4,8-13,19H,2,5-7,14-16H2,1H3. The second-order valence-corrected chi connectivity index (χ2v) is 8.56. The first-order valence-electron chi connectivity index (χ1n) is 10.5. The number of Topliss-reactive ketones (excluding diaryl/α,β-unsaturated/α-hetero) is 1. The van der Waals surface area contributed by atoms with Gasteiger partial charge in [-0.3, -0.25) is 14.2 Å². The number of para-hydroxylation sites is 1. The summed E-state index contributed by atoms with van der Waals surface area (Å²) in [7, 11) is 0. The summed E-state index contributed by atoms with van der Waals surface area (Å²) in [6.07, 6.45) is 4.06. The normalized spacial score (nSPS) is 16.2. The highest BCUT2D eigenvalue weighted by atomic mass is 32.2. The number of rotatable bonds is 8. The molecule has 1 unspecified atom stereocenters. The van der Waals surface area contributed by atoms with Crippen LogP contribution in [0, 0.1) is 0 Å². The molecule has 156 valence electrons. The lowest BCUT2D eigenvalue weighted by atomic mass is 10.1. The van der Waals surface area contributed by atoms with E-state index in [1.165, 1.54) is 17.3 Å². The monoisotopic (exact) mass is 422 g/mol. The second kappa shape index (κ2) is 9.58. The number of carbonyl (C=O) groups excluding carboxylic acids is 1. The molecule has 3 aromatic rings. The van der Waals surface area contributed by atoms with Crippen molar-refractivity contribution in [3.8, 4) is 0 Å². The van der Waals surface area contributed by atoms with Gasteiger partial charge in [0.2, 0.25) is 0 Å². The van der Waals surface area contributed by atoms with E-state index in [4.69, 9.17) is 9.72 Å². The first kappa shape index (κ1) is 20.8. The molecule has 5 nitrogen and oxygen atoms in total. The molecular formula is C24H26N2O3S. The maximum absolute atomic E-state index is 13.1. The van der Waals surface area contributed by atoms with Crippen LogP contribution in [0.1, 0.15) is 42.1 Å². The molecule has 2 aromatic carbocycles. The molecule has 0 aliphatic carbocycles. The van der Waals surface area contributed by atoms with Crippen molar-refractivity contribution < 1.29 is 9.53 Å². The molecule has 2 heterocycles. The van der Waals surface area contributed by atoms with Crippen molar-refractivity contribution in [3.63, 3.8) is 0 Å². The maximum atomic E-state index is 13.1. The highest BCUT2D eigenvalue weighted by Gasteiger charge is 2.20. The number of hydrogen-bond acceptors (Lipinski definition) is 5. The summed E-state index contributed by atoms with van der Waals surface area (Å²) in [5, 5.41) is 1.17. The first-order chi connectivity index (χ1) is 14.7. The summed E-state index contributed by atoms with van der Waals surface area (Å²) in [6, 6.07) is 15.2. The Kier molecular flexibility index (Phi) is 6.65. The van der Waals surface area contributed by atoms with Crippen molar-refractivity contribution in [1.29, 1.82) is 0 Å². The van der Waals surface area contributed by atoms with Crippen LogP contribution in [0.25, 0.3) is 10.9 Å². The Morgan fingerprint density at radius 1 is 1.20 bits per heavy atom. The van der Waals surface area contributed by atoms with Gasteiger partial charge in [-0.1, -0.05) is 61.5 Å². The van der Waals surface area contributed by atoms with E-state index in [-0.39, 0.29) is 23.2 Å². The van der Waals surface area contributed by atoms with Crippen molar-refractivity contribution in [2.75, 3.05) is 12.4 Å². The first-order valence-corrected chi connectivity index (χ1v) is 11.5. The summed E-state index contributed by atoms with van der Waals surface area (Å²) >= 11 is 1.32. The summed E-state index contributed by atoms with van der Waals surface area (Å²) in [5.41, 5.74) is 2.51. The lowest BCUT2D eigenvalue weighted by molar-refractivity contribution is 0.0937. The lowest BCUT2D eigenvalue weighted by Gasteiger charge is -2.16. The van der Waals surface area contributed by atoms with Crippen LogP contribution in [0.15, 0.2) is 58.5 Å². The lowest BCUT2D eigenvalue weighted by Crippen LogP contribution is -2.29. The molecule has 0 spiro atoms. The van der Waals surface area contributed by atoms with Crippen molar-refractivity contribution in [3.05, 3.63) is 70.0 Å². The molecule has 1 aromatic heterocycles. The minimum atomic E-state index is -0.0741. The number of hydrogen-bond donors (Lipinski definition) is 0. The minimum absolute atomic E-state index is 0.0202. The SMILES string of the molecule is CCCc1ccc(C(=O)CSc2nc3ccccc3c(=O)n2CC2CCCO2)cc1. The van der Waals surface area contributed by atoms with E-state index in [2.05, 4.69) is 6.92 Å². The average Bonchev–Trinajstić information content (AvgIpc) is 3.28. The molecule has 0 N–H and O–H groups in total. The molecule has 6 heteroatoms. The Hall–Kier alpha value is -2.44. The van der Waals surface area contributed by atoms with Crippen molar-refractivity contribution in [2.24, 2.45) is 0 Å². The van der Waals surface area contributed by atoms with Crippen LogP contribution in [-0.4, -0.2) is 33.8 Å². The fourth-order valence-corrected chi connectivity index (χ4v) is 4.67. The third-order valence-corrected chi connectivity index (χ3v) is 6.36. The van der Waals surface area contributed by atoms with E-state index in [1.807, 2.05) is 42.5 Å². The van der Waals surface area contributed by atoms with Gasteiger partial charge in [-0.25, -0.2) is 4.98 Å². The van der Waals surface area contributed by atoms with Crippen LogP contribution in [0.5, 0.6) is 0 Å². The number of nitrogens with zero attached hydrogens (tertiary/aromatic N) is 2. The molecule has 30 heavy (non-hydrogen) atoms. The summed E-state index contributed by atoms with van der Waals surface area (Å²) in [4.78, 5) is 30.6. The zero-order chi connectivity index (χ0) is 20.9. The third kappa shape index (κ3) is 4.65. The zero-order valence-corrected chi connectivity index (χ0v) is 18.0. The van der Waals surface area contributed by atoms with Gasteiger partial charge in [-0.2, -0.15) is 0 Å². The number of benzene rings is 2. The number of aryl methyl sites for hydroxylation is 1. The number of aromatic nitrogens is 2. The van der Waals surface area contributed by atoms with Gasteiger partial charge in [0.1, 0.15) is 0 Å². The van der Waals surface area contributed by atoms with Crippen molar-refractivity contribution in [1.82, 2.24) is 9.55 Å². The Labute approximate surface area is 180 Å². The van der Waals surface area contributed by atoms with Crippen molar-refractivity contribution >= 4 is 28.4 Å². The maximum Gasteiger partial charge on any atom is 0.262 e. The second-order valence-electron chi connectivity index (χ2n) is 7.62. The van der Waals surface area contributed by atoms with Crippen LogP contribution in [0.2, 0.25) is 0 Å². The number of carbonyl (C=O) groups is 1. The summed E-state index contributed by atoms with van der Waals surface area (Å²) in [6.45, 7) is 3.34. The Balaban J connectivity index is 1.57. The Bertz CT molecular complexity index is 1090. The number of ketones is 1. The Morgan fingerprint density at radius 2 is 2.00 bits per heavy atom. The fraction of sp³-hybridized carbons (Fsp3) is 0.375. The van der Waals surface area contributed by atoms with Gasteiger partial charge < -0.3 is 4.74 Å².